The Morgan fingerprint density at radius 2 is 2.26 bits per heavy atom. The third-order valence-corrected chi connectivity index (χ3v) is 4.77. The average molecular weight is 377 g/mol. The predicted molar refractivity (Wildman–Crippen MR) is 95.4 cm³/mol. The fourth-order valence-electron chi connectivity index (χ4n) is 3.47. The van der Waals surface area contributed by atoms with Crippen molar-refractivity contribution in [2.75, 3.05) is 27.2 Å². The Morgan fingerprint density at radius 1 is 1.44 bits per heavy atom. The van der Waals surface area contributed by atoms with Gasteiger partial charge in [-0.15, -0.1) is 0 Å². The van der Waals surface area contributed by atoms with Gasteiger partial charge in [0.1, 0.15) is 17.8 Å². The second kappa shape index (κ2) is 8.06. The van der Waals surface area contributed by atoms with Crippen LogP contribution >= 0.6 is 0 Å². The number of benzene rings is 1. The number of likely N-dealkylation sites (N-methyl/N-ethyl adjacent to an activating group) is 1. The molecule has 1 aromatic heterocycles. The monoisotopic (exact) mass is 377 g/mol. The van der Waals surface area contributed by atoms with Crippen LogP contribution in [0.5, 0.6) is 5.75 Å². The number of amides is 1. The molecule has 8 heteroatoms. The molecular formula is C19H24FN3O4. The van der Waals surface area contributed by atoms with Gasteiger partial charge in [-0.25, -0.2) is 4.39 Å². The molecule has 146 valence electrons. The van der Waals surface area contributed by atoms with Crippen LogP contribution in [0.2, 0.25) is 0 Å². The van der Waals surface area contributed by atoms with Crippen LogP contribution in [0.1, 0.15) is 24.1 Å². The molecule has 1 aromatic carbocycles. The van der Waals surface area contributed by atoms with Gasteiger partial charge in [-0.1, -0.05) is 5.16 Å². The number of methoxy groups -OCH3 is 1. The molecule has 7 nitrogen and oxygen atoms in total. The molecule has 2 aromatic rings. The highest BCUT2D eigenvalue weighted by Gasteiger charge is 2.43. The summed E-state index contributed by atoms with van der Waals surface area (Å²) in [7, 11) is 3.31. The van der Waals surface area contributed by atoms with Gasteiger partial charge in [-0.2, -0.15) is 0 Å². The molecule has 1 aliphatic rings. The first kappa shape index (κ1) is 19.3. The quantitative estimate of drug-likeness (QED) is 0.793. The van der Waals surface area contributed by atoms with Crippen molar-refractivity contribution in [1.82, 2.24) is 15.0 Å². The summed E-state index contributed by atoms with van der Waals surface area (Å²) in [5, 5.41) is 14.8. The van der Waals surface area contributed by atoms with Crippen molar-refractivity contribution in [2.45, 2.75) is 31.5 Å². The van der Waals surface area contributed by atoms with Gasteiger partial charge in [-0.05, 0) is 38.1 Å². The van der Waals surface area contributed by atoms with E-state index in [9.17, 15) is 14.3 Å². The summed E-state index contributed by atoms with van der Waals surface area (Å²) in [5.41, 5.74) is -0.422. The van der Waals surface area contributed by atoms with Crippen LogP contribution in [0.4, 0.5) is 4.39 Å². The fraction of sp³-hybridized carbons (Fsp3) is 0.474. The third kappa shape index (κ3) is 4.45. The highest BCUT2D eigenvalue weighted by atomic mass is 19.1. The maximum Gasteiger partial charge on any atom is 0.256 e. The van der Waals surface area contributed by atoms with Gasteiger partial charge in [-0.3, -0.25) is 9.69 Å². The molecule has 2 heterocycles. The van der Waals surface area contributed by atoms with E-state index in [4.69, 9.17) is 9.26 Å². The number of piperidine rings is 1. The van der Waals surface area contributed by atoms with E-state index in [-0.39, 0.29) is 19.0 Å². The Bertz CT molecular complexity index is 783. The van der Waals surface area contributed by atoms with E-state index in [2.05, 4.69) is 5.16 Å². The molecular weight excluding hydrogens is 353 g/mol. The largest absolute Gasteiger partial charge is 0.497 e. The van der Waals surface area contributed by atoms with Crippen LogP contribution in [0.25, 0.3) is 0 Å². The highest BCUT2D eigenvalue weighted by molar-refractivity contribution is 5.86. The molecule has 0 spiro atoms. The predicted octanol–water partition coefficient (Wildman–Crippen LogP) is 1.81. The van der Waals surface area contributed by atoms with Crippen molar-refractivity contribution in [2.24, 2.45) is 0 Å². The standard InChI is InChI=1S/C19H24FN3O4/c1-22(12-15-6-9-27-21-15)13-19(25)7-3-8-23(18(19)24)11-14-10-16(26-2)4-5-17(14)20/h4-6,9-10,25H,3,7-8,11-13H2,1-2H3. The first-order valence-corrected chi connectivity index (χ1v) is 8.83. The zero-order chi connectivity index (χ0) is 19.4. The number of aliphatic hydroxyl groups is 1. The van der Waals surface area contributed by atoms with E-state index in [1.807, 2.05) is 4.90 Å². The minimum Gasteiger partial charge on any atom is -0.497 e. The van der Waals surface area contributed by atoms with Gasteiger partial charge in [0.25, 0.3) is 5.91 Å². The number of hydrogen-bond acceptors (Lipinski definition) is 6. The minimum absolute atomic E-state index is 0.0944. The van der Waals surface area contributed by atoms with E-state index < -0.39 is 11.4 Å². The molecule has 3 rings (SSSR count). The number of carbonyl (C=O) groups excluding carboxylic acids is 1. The molecule has 1 aliphatic heterocycles. The molecule has 1 N–H and O–H groups in total. The Morgan fingerprint density at radius 3 is 2.96 bits per heavy atom. The molecule has 0 radical (unpaired) electrons. The van der Waals surface area contributed by atoms with Crippen molar-refractivity contribution >= 4 is 5.91 Å². The molecule has 0 saturated carbocycles. The number of hydrogen-bond donors (Lipinski definition) is 1. The number of ether oxygens (including phenoxy) is 1. The molecule has 1 saturated heterocycles. The fourth-order valence-corrected chi connectivity index (χ4v) is 3.47. The Hall–Kier alpha value is -2.45. The second-order valence-electron chi connectivity index (χ2n) is 6.98. The summed E-state index contributed by atoms with van der Waals surface area (Å²) in [6.07, 6.45) is 2.49. The molecule has 1 amide bonds. The number of halogens is 1. The second-order valence-corrected chi connectivity index (χ2v) is 6.98. The average Bonchev–Trinajstić information content (AvgIpc) is 3.13. The maximum absolute atomic E-state index is 14.1. The van der Waals surface area contributed by atoms with Crippen LogP contribution in [0, 0.1) is 5.82 Å². The Labute approximate surface area is 157 Å². The van der Waals surface area contributed by atoms with Gasteiger partial charge in [0, 0.05) is 37.8 Å². The SMILES string of the molecule is COc1ccc(F)c(CN2CCCC(O)(CN(C)Cc3ccon3)C2=O)c1. The van der Waals surface area contributed by atoms with Gasteiger partial charge in [0.15, 0.2) is 5.60 Å². The van der Waals surface area contributed by atoms with Gasteiger partial charge >= 0.3 is 0 Å². The lowest BCUT2D eigenvalue weighted by molar-refractivity contribution is -0.160. The van der Waals surface area contributed by atoms with E-state index >= 15 is 0 Å². The van der Waals surface area contributed by atoms with E-state index in [0.29, 0.717) is 37.2 Å². The first-order valence-electron chi connectivity index (χ1n) is 8.83. The lowest BCUT2D eigenvalue weighted by Gasteiger charge is -2.40. The van der Waals surface area contributed by atoms with E-state index in [0.717, 1.165) is 5.69 Å². The number of carbonyl (C=O) groups is 1. The van der Waals surface area contributed by atoms with Gasteiger partial charge in [0.2, 0.25) is 0 Å². The number of aromatic nitrogens is 1. The molecule has 1 fully saturated rings. The first-order chi connectivity index (χ1) is 12.9. The van der Waals surface area contributed by atoms with Gasteiger partial charge in [0.05, 0.1) is 12.8 Å². The smallest absolute Gasteiger partial charge is 0.256 e. The summed E-state index contributed by atoms with van der Waals surface area (Å²) in [4.78, 5) is 16.2. The van der Waals surface area contributed by atoms with E-state index in [1.165, 1.54) is 30.4 Å². The normalized spacial score (nSPS) is 20.3. The molecule has 0 aliphatic carbocycles. The van der Waals surface area contributed by atoms with Crippen molar-refractivity contribution in [3.63, 3.8) is 0 Å². The third-order valence-electron chi connectivity index (χ3n) is 4.77. The molecule has 0 bridgehead atoms. The number of nitrogens with zero attached hydrogens (tertiary/aromatic N) is 3. The van der Waals surface area contributed by atoms with Crippen molar-refractivity contribution in [3.8, 4) is 5.75 Å². The Balaban J connectivity index is 1.69. The van der Waals surface area contributed by atoms with Gasteiger partial charge < -0.3 is 19.3 Å². The van der Waals surface area contributed by atoms with Crippen LogP contribution < -0.4 is 4.74 Å². The highest BCUT2D eigenvalue weighted by Crippen LogP contribution is 2.27. The number of rotatable bonds is 7. The van der Waals surface area contributed by atoms with E-state index in [1.54, 1.807) is 19.2 Å². The zero-order valence-electron chi connectivity index (χ0n) is 15.5. The molecule has 1 atom stereocenters. The molecule has 27 heavy (non-hydrogen) atoms. The van der Waals surface area contributed by atoms with Crippen LogP contribution in [-0.2, 0) is 17.9 Å². The minimum atomic E-state index is -1.51. The summed E-state index contributed by atoms with van der Waals surface area (Å²) in [6, 6.07) is 6.17. The summed E-state index contributed by atoms with van der Waals surface area (Å²) in [5.74, 6) is -0.262. The topological polar surface area (TPSA) is 79.0 Å². The van der Waals surface area contributed by atoms with Crippen molar-refractivity contribution in [1.29, 1.82) is 0 Å². The lowest BCUT2D eigenvalue weighted by Crippen LogP contribution is -2.57. The van der Waals surface area contributed by atoms with Crippen LogP contribution in [0.3, 0.4) is 0 Å². The lowest BCUT2D eigenvalue weighted by atomic mass is 9.90. The van der Waals surface area contributed by atoms with Crippen molar-refractivity contribution in [3.05, 3.63) is 47.6 Å². The van der Waals surface area contributed by atoms with Crippen LogP contribution in [-0.4, -0.2) is 58.8 Å². The molecule has 1 unspecified atom stereocenters. The maximum atomic E-state index is 14.1. The zero-order valence-corrected chi connectivity index (χ0v) is 15.5. The van der Waals surface area contributed by atoms with Crippen LogP contribution in [0.15, 0.2) is 35.1 Å². The van der Waals surface area contributed by atoms with Crippen molar-refractivity contribution < 1.29 is 23.6 Å². The summed E-state index contributed by atoms with van der Waals surface area (Å²) < 4.78 is 24.1. The number of likely N-dealkylation sites (tertiary alicyclic amines) is 1. The summed E-state index contributed by atoms with van der Waals surface area (Å²) >= 11 is 0. The Kier molecular flexibility index (Phi) is 5.76. The summed E-state index contributed by atoms with van der Waals surface area (Å²) in [6.45, 7) is 1.19.